The van der Waals surface area contributed by atoms with Gasteiger partial charge in [-0.1, -0.05) is 41.6 Å². The number of nitrogens with zero attached hydrogens (tertiary/aromatic N) is 3. The highest BCUT2D eigenvalue weighted by Gasteiger charge is 2.40. The summed E-state index contributed by atoms with van der Waals surface area (Å²) in [5.74, 6) is -2.26. The van der Waals surface area contributed by atoms with E-state index in [0.29, 0.717) is 5.56 Å². The van der Waals surface area contributed by atoms with E-state index >= 15 is 4.39 Å². The first-order valence-corrected chi connectivity index (χ1v) is 16.6. The van der Waals surface area contributed by atoms with Gasteiger partial charge in [0.1, 0.15) is 16.3 Å². The first-order chi connectivity index (χ1) is 20.1. The van der Waals surface area contributed by atoms with Gasteiger partial charge in [-0.2, -0.15) is 4.98 Å². The third-order valence-electron chi connectivity index (χ3n) is 7.48. The fourth-order valence-corrected chi connectivity index (χ4v) is 6.52. The number of sulfone groups is 2. The lowest BCUT2D eigenvalue weighted by Gasteiger charge is -2.25. The number of ether oxygens (including phenoxy) is 1. The molecule has 1 atom stereocenters. The SMILES string of the molecule is COc1ccc(-c2ccc(CN3C(=O)[C@@H](N)CS(=O)(=O)c4cc(F)c(-c5noc(C(C)(C)S(C)(=O)=O)n5)cc43)cc2)cc1. The molecule has 0 unspecified atom stereocenters. The summed E-state index contributed by atoms with van der Waals surface area (Å²) in [5, 5.41) is 3.75. The monoisotopic (exact) mass is 628 g/mol. The van der Waals surface area contributed by atoms with E-state index in [1.54, 1.807) is 19.2 Å². The maximum Gasteiger partial charge on any atom is 0.247 e. The predicted octanol–water partition coefficient (Wildman–Crippen LogP) is 3.48. The molecule has 0 fully saturated rings. The molecule has 5 rings (SSSR count). The lowest BCUT2D eigenvalue weighted by atomic mass is 10.0. The molecule has 1 aliphatic rings. The molecule has 0 saturated carbocycles. The lowest BCUT2D eigenvalue weighted by Crippen LogP contribution is -2.45. The fraction of sp³-hybridized carbons (Fsp3) is 0.276. The van der Waals surface area contributed by atoms with Crippen LogP contribution >= 0.6 is 0 Å². The number of fused-ring (bicyclic) bond motifs is 1. The maximum atomic E-state index is 15.4. The van der Waals surface area contributed by atoms with E-state index in [9.17, 15) is 21.6 Å². The molecule has 2 heterocycles. The van der Waals surface area contributed by atoms with Crippen LogP contribution in [-0.4, -0.2) is 58.0 Å². The number of aromatic nitrogens is 2. The molecule has 4 aromatic rings. The van der Waals surface area contributed by atoms with Crippen LogP contribution in [0.3, 0.4) is 0 Å². The lowest BCUT2D eigenvalue weighted by molar-refractivity contribution is -0.119. The summed E-state index contributed by atoms with van der Waals surface area (Å²) in [5.41, 5.74) is 8.12. The van der Waals surface area contributed by atoms with E-state index in [2.05, 4.69) is 10.1 Å². The largest absolute Gasteiger partial charge is 0.497 e. The predicted molar refractivity (Wildman–Crippen MR) is 157 cm³/mol. The zero-order chi connectivity index (χ0) is 31.3. The number of nitrogens with two attached hydrogens (primary N) is 1. The Bertz CT molecular complexity index is 1920. The van der Waals surface area contributed by atoms with Gasteiger partial charge in [0, 0.05) is 6.26 Å². The van der Waals surface area contributed by atoms with Gasteiger partial charge in [-0.15, -0.1) is 0 Å². The van der Waals surface area contributed by atoms with Gasteiger partial charge in [0.15, 0.2) is 19.7 Å². The van der Waals surface area contributed by atoms with E-state index in [1.165, 1.54) is 18.7 Å². The summed E-state index contributed by atoms with van der Waals surface area (Å²) in [7, 11) is -6.28. The van der Waals surface area contributed by atoms with Gasteiger partial charge in [-0.05, 0) is 54.8 Å². The molecule has 0 aliphatic carbocycles. The van der Waals surface area contributed by atoms with E-state index in [-0.39, 0.29) is 29.5 Å². The van der Waals surface area contributed by atoms with Crippen molar-refractivity contribution in [2.24, 2.45) is 5.73 Å². The molecule has 0 radical (unpaired) electrons. The number of anilines is 1. The van der Waals surface area contributed by atoms with Gasteiger partial charge < -0.3 is 19.9 Å². The Balaban J connectivity index is 1.56. The molecule has 1 aromatic heterocycles. The van der Waals surface area contributed by atoms with Crippen molar-refractivity contribution in [3.05, 3.63) is 77.9 Å². The molecule has 43 heavy (non-hydrogen) atoms. The van der Waals surface area contributed by atoms with Crippen molar-refractivity contribution < 1.29 is 35.3 Å². The zero-order valence-corrected chi connectivity index (χ0v) is 25.4. The first-order valence-electron chi connectivity index (χ1n) is 13.0. The van der Waals surface area contributed by atoms with Crippen LogP contribution in [0.25, 0.3) is 22.5 Å². The molecule has 0 spiro atoms. The molecule has 226 valence electrons. The Kier molecular flexibility index (Phi) is 7.65. The molecule has 3 aromatic carbocycles. The number of halogens is 1. The van der Waals surface area contributed by atoms with Crippen molar-refractivity contribution in [2.75, 3.05) is 24.0 Å². The molecule has 14 heteroatoms. The average molecular weight is 629 g/mol. The molecule has 0 saturated heterocycles. The van der Waals surface area contributed by atoms with Crippen LogP contribution in [0, 0.1) is 5.82 Å². The summed E-state index contributed by atoms with van der Waals surface area (Å²) < 4.78 is 75.1. The first kappa shape index (κ1) is 30.3. The van der Waals surface area contributed by atoms with Crippen molar-refractivity contribution in [3.63, 3.8) is 0 Å². The molecular formula is C29H29FN4O7S2. The molecule has 11 nitrogen and oxygen atoms in total. The highest BCUT2D eigenvalue weighted by molar-refractivity contribution is 7.92. The highest BCUT2D eigenvalue weighted by Crippen LogP contribution is 2.38. The Hall–Kier alpha value is -4.14. The summed E-state index contributed by atoms with van der Waals surface area (Å²) in [4.78, 5) is 18.3. The number of hydrogen-bond donors (Lipinski definition) is 1. The standard InChI is InChI=1S/C29H29FN4O7S2/c1-29(2,42(4,36)37)28-32-26(33-41-28)21-13-24-25(14-22(21)30)43(38,39)16-23(31)27(35)34(24)15-17-5-7-18(8-6-17)19-9-11-20(40-3)12-10-19/h5-14,23H,15-16,31H2,1-4H3/t23-/m0/s1. The van der Waals surface area contributed by atoms with E-state index < -0.39 is 52.8 Å². The van der Waals surface area contributed by atoms with Crippen molar-refractivity contribution in [1.29, 1.82) is 0 Å². The number of amides is 1. The van der Waals surface area contributed by atoms with Gasteiger partial charge in [-0.25, -0.2) is 21.2 Å². The Morgan fingerprint density at radius 1 is 1.09 bits per heavy atom. The van der Waals surface area contributed by atoms with Gasteiger partial charge >= 0.3 is 0 Å². The van der Waals surface area contributed by atoms with E-state index in [1.807, 2.05) is 36.4 Å². The Morgan fingerprint density at radius 3 is 2.28 bits per heavy atom. The summed E-state index contributed by atoms with van der Waals surface area (Å²) >= 11 is 0. The van der Waals surface area contributed by atoms with Crippen LogP contribution < -0.4 is 15.4 Å². The van der Waals surface area contributed by atoms with E-state index in [0.717, 1.165) is 35.3 Å². The minimum absolute atomic E-state index is 0.0678. The van der Waals surface area contributed by atoms with Gasteiger partial charge in [0.2, 0.25) is 17.6 Å². The second-order valence-electron chi connectivity index (χ2n) is 10.7. The quantitative estimate of drug-likeness (QED) is 0.321. The van der Waals surface area contributed by atoms with Gasteiger partial charge in [-0.3, -0.25) is 4.79 Å². The van der Waals surface area contributed by atoms with Crippen molar-refractivity contribution in [1.82, 2.24) is 10.1 Å². The fourth-order valence-electron chi connectivity index (χ4n) is 4.56. The Labute approximate surface area is 248 Å². The van der Waals surface area contributed by atoms with Crippen molar-refractivity contribution >= 4 is 31.3 Å². The summed E-state index contributed by atoms with van der Waals surface area (Å²) in [6.45, 7) is 2.66. The summed E-state index contributed by atoms with van der Waals surface area (Å²) in [6.07, 6.45) is 1.00. The number of benzene rings is 3. The van der Waals surface area contributed by atoms with Gasteiger partial charge in [0.25, 0.3) is 0 Å². The maximum absolute atomic E-state index is 15.4. The number of hydrogen-bond acceptors (Lipinski definition) is 10. The van der Waals surface area contributed by atoms with Crippen molar-refractivity contribution in [3.8, 4) is 28.3 Å². The minimum atomic E-state index is -4.17. The molecular weight excluding hydrogens is 599 g/mol. The van der Waals surface area contributed by atoms with Crippen LogP contribution in [0.1, 0.15) is 25.3 Å². The third-order valence-corrected chi connectivity index (χ3v) is 11.3. The van der Waals surface area contributed by atoms with E-state index in [4.69, 9.17) is 15.0 Å². The highest BCUT2D eigenvalue weighted by atomic mass is 32.2. The molecule has 1 aliphatic heterocycles. The molecule has 1 amide bonds. The zero-order valence-electron chi connectivity index (χ0n) is 23.7. The average Bonchev–Trinajstić information content (AvgIpc) is 3.44. The number of carbonyl (C=O) groups excluding carboxylic acids is 1. The number of rotatable bonds is 7. The van der Waals surface area contributed by atoms with Crippen molar-refractivity contribution in [2.45, 2.75) is 36.1 Å². The molecule has 0 bridgehead atoms. The van der Waals surface area contributed by atoms with Crippen LogP contribution in [0.4, 0.5) is 10.1 Å². The topological polar surface area (TPSA) is 163 Å². The Morgan fingerprint density at radius 2 is 1.70 bits per heavy atom. The number of methoxy groups -OCH3 is 1. The van der Waals surface area contributed by atoms with Gasteiger partial charge in [0.05, 0.1) is 41.6 Å². The third kappa shape index (κ3) is 5.65. The summed E-state index contributed by atoms with van der Waals surface area (Å²) in [6, 6.07) is 15.3. The molecule has 2 N–H and O–H groups in total. The van der Waals surface area contributed by atoms with Crippen LogP contribution in [0.2, 0.25) is 0 Å². The second kappa shape index (κ2) is 10.8. The smallest absolute Gasteiger partial charge is 0.247 e. The van der Waals surface area contributed by atoms with Crippen LogP contribution in [0.5, 0.6) is 5.75 Å². The number of carbonyl (C=O) groups is 1. The van der Waals surface area contributed by atoms with Crippen LogP contribution in [-0.2, 0) is 35.8 Å². The minimum Gasteiger partial charge on any atom is -0.497 e. The van der Waals surface area contributed by atoms with Crippen LogP contribution in [0.15, 0.2) is 70.1 Å². The normalized spacial score (nSPS) is 16.9. The second-order valence-corrected chi connectivity index (χ2v) is 15.3.